The van der Waals surface area contributed by atoms with Gasteiger partial charge in [0.25, 0.3) is 0 Å². The Morgan fingerprint density at radius 3 is 2.94 bits per heavy atom. The van der Waals surface area contributed by atoms with Crippen molar-refractivity contribution in [2.75, 3.05) is 6.61 Å². The van der Waals surface area contributed by atoms with Gasteiger partial charge in [-0.1, -0.05) is 17.7 Å². The summed E-state index contributed by atoms with van der Waals surface area (Å²) in [5.41, 5.74) is 2.83. The van der Waals surface area contributed by atoms with Gasteiger partial charge in [0.15, 0.2) is 4.75 Å². The highest BCUT2D eigenvalue weighted by Crippen LogP contribution is 2.60. The second-order valence-corrected chi connectivity index (χ2v) is 9.33. The van der Waals surface area contributed by atoms with E-state index in [0.717, 1.165) is 15.8 Å². The second kappa shape index (κ2) is 7.64. The van der Waals surface area contributed by atoms with Gasteiger partial charge in [-0.15, -0.1) is 11.8 Å². The molecule has 2 aliphatic heterocycles. The van der Waals surface area contributed by atoms with Crippen molar-refractivity contribution in [1.82, 2.24) is 4.98 Å². The molecule has 2 atom stereocenters. The average Bonchev–Trinajstić information content (AvgIpc) is 2.97. The van der Waals surface area contributed by atoms with Crippen molar-refractivity contribution in [2.45, 2.75) is 41.9 Å². The predicted octanol–water partition coefficient (Wildman–Crippen LogP) is 6.28. The number of alkyl halides is 2. The quantitative estimate of drug-likeness (QED) is 0.428. The van der Waals surface area contributed by atoms with E-state index in [1.807, 2.05) is 24.3 Å². The van der Waals surface area contributed by atoms with Gasteiger partial charge in [0.2, 0.25) is 0 Å². The molecule has 0 amide bonds. The van der Waals surface area contributed by atoms with Crippen molar-refractivity contribution in [2.24, 2.45) is 0 Å². The Bertz CT molecular complexity index is 1200. The van der Waals surface area contributed by atoms with Gasteiger partial charge in [-0.25, -0.2) is 0 Å². The van der Waals surface area contributed by atoms with E-state index >= 15 is 0 Å². The van der Waals surface area contributed by atoms with Crippen LogP contribution >= 0.6 is 23.4 Å². The van der Waals surface area contributed by atoms with Crippen LogP contribution in [0.3, 0.4) is 0 Å². The summed E-state index contributed by atoms with van der Waals surface area (Å²) in [6.07, 6.45) is 1.08. The van der Waals surface area contributed by atoms with Gasteiger partial charge in [0.1, 0.15) is 5.75 Å². The maximum atomic E-state index is 13.3. The third kappa shape index (κ3) is 3.26. The first-order chi connectivity index (χ1) is 14.9. The Morgan fingerprint density at radius 2 is 2.16 bits per heavy atom. The summed E-state index contributed by atoms with van der Waals surface area (Å²) in [6.45, 7) is -0.936. The summed E-state index contributed by atoms with van der Waals surface area (Å²) in [6, 6.07) is 12.4. The number of rotatable bonds is 4. The Labute approximate surface area is 186 Å². The van der Waals surface area contributed by atoms with Crippen molar-refractivity contribution >= 4 is 40.2 Å². The van der Waals surface area contributed by atoms with Crippen molar-refractivity contribution in [3.05, 3.63) is 64.3 Å². The van der Waals surface area contributed by atoms with Crippen LogP contribution in [0.25, 0.3) is 10.9 Å². The fraction of sp³-hybridized carbons (Fsp3) is 0.304. The summed E-state index contributed by atoms with van der Waals surface area (Å²) in [7, 11) is 0. The van der Waals surface area contributed by atoms with E-state index in [2.05, 4.69) is 0 Å². The minimum absolute atomic E-state index is 0.128. The molecular formula is C23H18ClF2NO3S. The molecule has 3 heterocycles. The molecule has 0 radical (unpaired) electrons. The lowest BCUT2D eigenvalue weighted by atomic mass is 9.75. The number of carbonyl (C=O) groups is 1. The van der Waals surface area contributed by atoms with E-state index in [-0.39, 0.29) is 24.2 Å². The second-order valence-electron chi connectivity index (χ2n) is 7.55. The van der Waals surface area contributed by atoms with E-state index in [4.69, 9.17) is 26.1 Å². The number of esters is 1. The molecule has 3 aliphatic rings. The van der Waals surface area contributed by atoms with Crippen LogP contribution in [-0.4, -0.2) is 24.2 Å². The molecule has 31 heavy (non-hydrogen) atoms. The van der Waals surface area contributed by atoms with Crippen molar-refractivity contribution < 1.29 is 23.0 Å². The van der Waals surface area contributed by atoms with Gasteiger partial charge < -0.3 is 9.47 Å². The summed E-state index contributed by atoms with van der Waals surface area (Å²) in [5.74, 6) is -0.467. The highest BCUT2D eigenvalue weighted by Gasteiger charge is 2.53. The summed E-state index contributed by atoms with van der Waals surface area (Å²) >= 11 is 7.51. The third-order valence-corrected chi connectivity index (χ3v) is 7.55. The SMILES string of the molecule is CCOC(=O)C12CC[C@@H](c3cc4cc(Cl)ccc4nc31)c1c(OC(F)F)cccc1S2. The van der Waals surface area contributed by atoms with Gasteiger partial charge in [-0.3, -0.25) is 9.78 Å². The summed E-state index contributed by atoms with van der Waals surface area (Å²) in [4.78, 5) is 18.9. The highest BCUT2D eigenvalue weighted by atomic mass is 35.5. The number of fused-ring (bicyclic) bond motifs is 2. The highest BCUT2D eigenvalue weighted by molar-refractivity contribution is 8.01. The van der Waals surface area contributed by atoms with E-state index < -0.39 is 11.4 Å². The number of nitrogens with zero attached hydrogens (tertiary/aromatic N) is 1. The summed E-state index contributed by atoms with van der Waals surface area (Å²) < 4.78 is 35.6. The first kappa shape index (κ1) is 20.5. The summed E-state index contributed by atoms with van der Waals surface area (Å²) in [5, 5.41) is 1.40. The molecule has 1 aliphatic carbocycles. The minimum Gasteiger partial charge on any atom is -0.465 e. The molecule has 2 bridgehead atoms. The number of hydrogen-bond acceptors (Lipinski definition) is 5. The van der Waals surface area contributed by atoms with Crippen LogP contribution in [0, 0.1) is 0 Å². The number of carbonyl (C=O) groups excluding carboxylic acids is 1. The largest absolute Gasteiger partial charge is 0.465 e. The van der Waals surface area contributed by atoms with Crippen LogP contribution in [-0.2, 0) is 14.3 Å². The molecule has 1 aromatic heterocycles. The lowest BCUT2D eigenvalue weighted by Gasteiger charge is -2.35. The van der Waals surface area contributed by atoms with Gasteiger partial charge in [0, 0.05) is 26.8 Å². The Hall–Kier alpha value is -2.38. The molecule has 0 spiro atoms. The Balaban J connectivity index is 1.81. The van der Waals surface area contributed by atoms with Crippen LogP contribution in [0.4, 0.5) is 8.78 Å². The zero-order valence-electron chi connectivity index (χ0n) is 16.5. The normalized spacial score (nSPS) is 21.5. The number of ether oxygens (including phenoxy) is 2. The van der Waals surface area contributed by atoms with Gasteiger partial charge in [-0.2, -0.15) is 8.78 Å². The number of benzene rings is 2. The molecule has 0 saturated heterocycles. The van der Waals surface area contributed by atoms with E-state index in [1.165, 1.54) is 11.8 Å². The van der Waals surface area contributed by atoms with Crippen LogP contribution in [0.5, 0.6) is 5.75 Å². The van der Waals surface area contributed by atoms with Crippen LogP contribution < -0.4 is 4.74 Å². The van der Waals surface area contributed by atoms with Gasteiger partial charge >= 0.3 is 12.6 Å². The zero-order chi connectivity index (χ0) is 21.8. The smallest absolute Gasteiger partial charge is 0.387 e. The molecule has 4 nitrogen and oxygen atoms in total. The molecule has 160 valence electrons. The molecule has 2 aromatic carbocycles. The molecule has 1 unspecified atom stereocenters. The fourth-order valence-electron chi connectivity index (χ4n) is 4.60. The predicted molar refractivity (Wildman–Crippen MR) is 115 cm³/mol. The number of pyridine rings is 1. The Morgan fingerprint density at radius 1 is 1.32 bits per heavy atom. The van der Waals surface area contributed by atoms with Gasteiger partial charge in [0.05, 0.1) is 17.8 Å². The molecular weight excluding hydrogens is 444 g/mol. The first-order valence-corrected chi connectivity index (χ1v) is 11.2. The molecule has 0 fully saturated rings. The maximum Gasteiger partial charge on any atom is 0.387 e. The standard InChI is InChI=1S/C23H18ClF2NO3S/c1-2-29-21(28)23-9-8-14(19-17(30-22(25)26)4-3-5-18(19)31-23)15-11-12-10-13(24)6-7-16(12)27-20(15)23/h3-7,10-11,14,22H,2,8-9H2,1H3/t14-,23?/m0/s1. The van der Waals surface area contributed by atoms with Crippen molar-refractivity contribution in [3.8, 4) is 5.75 Å². The van der Waals surface area contributed by atoms with Crippen LogP contribution in [0.2, 0.25) is 5.02 Å². The molecule has 0 N–H and O–H groups in total. The molecule has 6 rings (SSSR count). The lowest BCUT2D eigenvalue weighted by Crippen LogP contribution is -2.38. The average molecular weight is 462 g/mol. The molecule has 0 saturated carbocycles. The fourth-order valence-corrected chi connectivity index (χ4v) is 6.28. The monoisotopic (exact) mass is 461 g/mol. The number of hydrogen-bond donors (Lipinski definition) is 0. The third-order valence-electron chi connectivity index (χ3n) is 5.83. The topological polar surface area (TPSA) is 48.4 Å². The molecule has 3 aromatic rings. The van der Waals surface area contributed by atoms with Crippen molar-refractivity contribution in [1.29, 1.82) is 0 Å². The van der Waals surface area contributed by atoms with E-state index in [9.17, 15) is 13.6 Å². The molecule has 8 heteroatoms. The number of halogens is 3. The lowest BCUT2D eigenvalue weighted by molar-refractivity contribution is -0.147. The minimum atomic E-state index is -2.94. The first-order valence-electron chi connectivity index (χ1n) is 9.97. The zero-order valence-corrected chi connectivity index (χ0v) is 18.1. The van der Waals surface area contributed by atoms with Crippen LogP contribution in [0.1, 0.15) is 42.5 Å². The Kier molecular flexibility index (Phi) is 5.06. The van der Waals surface area contributed by atoms with E-state index in [0.29, 0.717) is 34.6 Å². The van der Waals surface area contributed by atoms with Gasteiger partial charge in [-0.05, 0) is 61.7 Å². The van der Waals surface area contributed by atoms with Crippen molar-refractivity contribution in [3.63, 3.8) is 0 Å². The number of thioether (sulfide) groups is 1. The van der Waals surface area contributed by atoms with Crippen LogP contribution in [0.15, 0.2) is 47.4 Å². The van der Waals surface area contributed by atoms with E-state index in [1.54, 1.807) is 25.1 Å². The maximum absolute atomic E-state index is 13.3. The number of aromatic nitrogens is 1.